The van der Waals surface area contributed by atoms with E-state index in [1.54, 1.807) is 6.92 Å². The van der Waals surface area contributed by atoms with Crippen LogP contribution in [0.1, 0.15) is 37.0 Å². The Hall–Kier alpha value is -1.35. The van der Waals surface area contributed by atoms with Crippen LogP contribution in [0.2, 0.25) is 0 Å². The minimum Gasteiger partial charge on any atom is -0.396 e. The largest absolute Gasteiger partial charge is 0.396 e. The average Bonchev–Trinajstić information content (AvgIpc) is 2.27. The van der Waals surface area contributed by atoms with Gasteiger partial charge >= 0.3 is 0 Å². The molecule has 1 rings (SSSR count). The van der Waals surface area contributed by atoms with Crippen molar-refractivity contribution in [3.8, 4) is 0 Å². The molecule has 0 saturated carbocycles. The van der Waals surface area contributed by atoms with Crippen molar-refractivity contribution < 1.29 is 9.90 Å². The second kappa shape index (κ2) is 6.28. The number of Topliss-reactive ketones (excluding diaryl/α,β-unsaturated/α-hetero) is 1. The van der Waals surface area contributed by atoms with Crippen LogP contribution < -0.4 is 5.32 Å². The van der Waals surface area contributed by atoms with Gasteiger partial charge in [-0.15, -0.1) is 0 Å². The van der Waals surface area contributed by atoms with Gasteiger partial charge < -0.3 is 10.4 Å². The molecule has 0 fully saturated rings. The van der Waals surface area contributed by atoms with E-state index in [1.807, 2.05) is 24.3 Å². The van der Waals surface area contributed by atoms with Crippen molar-refractivity contribution in [3.05, 3.63) is 29.8 Å². The molecular formula is C13H19NO2. The summed E-state index contributed by atoms with van der Waals surface area (Å²) in [6.45, 7) is 3.87. The van der Waals surface area contributed by atoms with E-state index in [1.165, 1.54) is 0 Å². The number of anilines is 1. The molecule has 3 heteroatoms. The molecule has 0 aliphatic rings. The highest BCUT2D eigenvalue weighted by molar-refractivity contribution is 5.94. The van der Waals surface area contributed by atoms with Gasteiger partial charge in [-0.2, -0.15) is 0 Å². The Kier molecular flexibility index (Phi) is 4.99. The molecule has 16 heavy (non-hydrogen) atoms. The zero-order valence-corrected chi connectivity index (χ0v) is 9.86. The minimum atomic E-state index is 0.0832. The topological polar surface area (TPSA) is 49.3 Å². The van der Waals surface area contributed by atoms with Crippen molar-refractivity contribution in [2.75, 3.05) is 11.9 Å². The van der Waals surface area contributed by atoms with Gasteiger partial charge in [-0.05, 0) is 51.0 Å². The van der Waals surface area contributed by atoms with E-state index in [2.05, 4.69) is 12.2 Å². The van der Waals surface area contributed by atoms with Crippen molar-refractivity contribution in [2.45, 2.75) is 32.7 Å². The van der Waals surface area contributed by atoms with Gasteiger partial charge in [0.25, 0.3) is 0 Å². The number of nitrogens with one attached hydrogen (secondary N) is 1. The van der Waals surface area contributed by atoms with Gasteiger partial charge in [0, 0.05) is 23.9 Å². The zero-order valence-electron chi connectivity index (χ0n) is 9.86. The van der Waals surface area contributed by atoms with Crippen LogP contribution in [0.4, 0.5) is 5.69 Å². The van der Waals surface area contributed by atoms with Crippen LogP contribution in [-0.4, -0.2) is 23.5 Å². The Labute approximate surface area is 96.5 Å². The highest BCUT2D eigenvalue weighted by Gasteiger charge is 2.02. The normalized spacial score (nSPS) is 12.2. The summed E-state index contributed by atoms with van der Waals surface area (Å²) in [7, 11) is 0. The molecule has 0 aromatic heterocycles. The monoisotopic (exact) mass is 221 g/mol. The average molecular weight is 221 g/mol. The molecule has 1 atom stereocenters. The summed E-state index contributed by atoms with van der Waals surface area (Å²) >= 11 is 0. The molecule has 1 aromatic rings. The van der Waals surface area contributed by atoms with Gasteiger partial charge in [-0.3, -0.25) is 4.79 Å². The van der Waals surface area contributed by atoms with E-state index in [4.69, 9.17) is 5.11 Å². The van der Waals surface area contributed by atoms with Crippen LogP contribution in [-0.2, 0) is 0 Å². The van der Waals surface area contributed by atoms with Crippen molar-refractivity contribution in [3.63, 3.8) is 0 Å². The molecule has 0 spiro atoms. The summed E-state index contributed by atoms with van der Waals surface area (Å²) in [6, 6.07) is 7.79. The summed E-state index contributed by atoms with van der Waals surface area (Å²) in [5.74, 6) is 0.0832. The second-order valence-electron chi connectivity index (χ2n) is 4.04. The van der Waals surface area contributed by atoms with E-state index in [9.17, 15) is 4.79 Å². The summed E-state index contributed by atoms with van der Waals surface area (Å²) in [5, 5.41) is 12.0. The maximum absolute atomic E-state index is 11.1. The molecular weight excluding hydrogens is 202 g/mol. The molecule has 88 valence electrons. The molecule has 1 aromatic carbocycles. The van der Waals surface area contributed by atoms with Gasteiger partial charge in [-0.25, -0.2) is 0 Å². The first-order chi connectivity index (χ1) is 7.63. The zero-order chi connectivity index (χ0) is 12.0. The van der Waals surface area contributed by atoms with Crippen molar-refractivity contribution >= 4 is 11.5 Å². The number of ketones is 1. The maximum Gasteiger partial charge on any atom is 0.159 e. The van der Waals surface area contributed by atoms with Crippen LogP contribution >= 0.6 is 0 Å². The van der Waals surface area contributed by atoms with E-state index < -0.39 is 0 Å². The van der Waals surface area contributed by atoms with Gasteiger partial charge in [0.2, 0.25) is 0 Å². The van der Waals surface area contributed by atoms with Crippen molar-refractivity contribution in [1.29, 1.82) is 0 Å². The van der Waals surface area contributed by atoms with E-state index in [-0.39, 0.29) is 12.4 Å². The Morgan fingerprint density at radius 3 is 2.50 bits per heavy atom. The van der Waals surface area contributed by atoms with Crippen LogP contribution in [0.3, 0.4) is 0 Å². The van der Waals surface area contributed by atoms with E-state index in [0.717, 1.165) is 24.1 Å². The summed E-state index contributed by atoms with van der Waals surface area (Å²) in [4.78, 5) is 11.1. The summed E-state index contributed by atoms with van der Waals surface area (Å²) in [5.41, 5.74) is 1.74. The van der Waals surface area contributed by atoms with Crippen molar-refractivity contribution in [2.24, 2.45) is 0 Å². The number of hydrogen-bond acceptors (Lipinski definition) is 3. The van der Waals surface area contributed by atoms with Gasteiger partial charge in [0.05, 0.1) is 0 Å². The van der Waals surface area contributed by atoms with Crippen molar-refractivity contribution in [1.82, 2.24) is 0 Å². The van der Waals surface area contributed by atoms with Crippen LogP contribution in [0.15, 0.2) is 24.3 Å². The number of aliphatic hydroxyl groups is 1. The molecule has 2 N–H and O–H groups in total. The third-order valence-electron chi connectivity index (χ3n) is 2.50. The Morgan fingerprint density at radius 1 is 1.38 bits per heavy atom. The fourth-order valence-electron chi connectivity index (χ4n) is 1.56. The number of rotatable bonds is 6. The number of benzene rings is 1. The molecule has 0 aliphatic heterocycles. The molecule has 0 heterocycles. The Bertz CT molecular complexity index is 332. The summed E-state index contributed by atoms with van der Waals surface area (Å²) < 4.78 is 0. The third kappa shape index (κ3) is 4.03. The van der Waals surface area contributed by atoms with Gasteiger partial charge in [-0.1, -0.05) is 0 Å². The quantitative estimate of drug-likeness (QED) is 0.725. The van der Waals surface area contributed by atoms with Crippen LogP contribution in [0, 0.1) is 0 Å². The fourth-order valence-corrected chi connectivity index (χ4v) is 1.56. The first-order valence-electron chi connectivity index (χ1n) is 5.62. The van der Waals surface area contributed by atoms with E-state index in [0.29, 0.717) is 6.04 Å². The Morgan fingerprint density at radius 2 is 2.00 bits per heavy atom. The molecule has 0 saturated heterocycles. The standard InChI is InChI=1S/C13H19NO2/c1-10(4-3-9-15)14-13-7-5-12(6-8-13)11(2)16/h5-8,10,14-15H,3-4,9H2,1-2H3. The minimum absolute atomic E-state index is 0.0832. The van der Waals surface area contributed by atoms with Gasteiger partial charge in [0.15, 0.2) is 5.78 Å². The smallest absolute Gasteiger partial charge is 0.159 e. The lowest BCUT2D eigenvalue weighted by Crippen LogP contribution is -2.15. The predicted molar refractivity (Wildman–Crippen MR) is 65.9 cm³/mol. The highest BCUT2D eigenvalue weighted by Crippen LogP contribution is 2.12. The van der Waals surface area contributed by atoms with Crippen LogP contribution in [0.5, 0.6) is 0 Å². The molecule has 0 amide bonds. The molecule has 1 unspecified atom stereocenters. The SMILES string of the molecule is CC(=O)c1ccc(NC(C)CCCO)cc1. The number of aliphatic hydroxyl groups excluding tert-OH is 1. The Balaban J connectivity index is 2.51. The predicted octanol–water partition coefficient (Wildman–Crippen LogP) is 2.46. The molecule has 0 aliphatic carbocycles. The number of hydrogen-bond donors (Lipinski definition) is 2. The third-order valence-corrected chi connectivity index (χ3v) is 2.50. The fraction of sp³-hybridized carbons (Fsp3) is 0.462. The summed E-state index contributed by atoms with van der Waals surface area (Å²) in [6.07, 6.45) is 1.74. The molecule has 0 bridgehead atoms. The lowest BCUT2D eigenvalue weighted by molar-refractivity contribution is 0.101. The lowest BCUT2D eigenvalue weighted by atomic mass is 10.1. The lowest BCUT2D eigenvalue weighted by Gasteiger charge is -2.14. The maximum atomic E-state index is 11.1. The second-order valence-corrected chi connectivity index (χ2v) is 4.04. The number of carbonyl (C=O) groups is 1. The van der Waals surface area contributed by atoms with Gasteiger partial charge in [0.1, 0.15) is 0 Å². The number of carbonyl (C=O) groups excluding carboxylic acids is 1. The first kappa shape index (κ1) is 12.7. The highest BCUT2D eigenvalue weighted by atomic mass is 16.2. The molecule has 3 nitrogen and oxygen atoms in total. The molecule has 0 radical (unpaired) electrons. The van der Waals surface area contributed by atoms with Crippen LogP contribution in [0.25, 0.3) is 0 Å². The van der Waals surface area contributed by atoms with E-state index >= 15 is 0 Å². The first-order valence-corrected chi connectivity index (χ1v) is 5.62.